The first-order chi connectivity index (χ1) is 13.2. The fourth-order valence-electron chi connectivity index (χ4n) is 2.94. The van der Waals surface area contributed by atoms with Gasteiger partial charge in [-0.2, -0.15) is 0 Å². The van der Waals surface area contributed by atoms with Gasteiger partial charge in [0.25, 0.3) is 0 Å². The quantitative estimate of drug-likeness (QED) is 0.664. The minimum absolute atomic E-state index is 0.0152. The predicted molar refractivity (Wildman–Crippen MR) is 107 cm³/mol. The fourth-order valence-corrected chi connectivity index (χ4v) is 2.94. The number of amides is 1. The molecule has 1 N–H and O–H groups in total. The first-order valence-electron chi connectivity index (χ1n) is 9.14. The third kappa shape index (κ3) is 4.70. The second-order valence-electron chi connectivity index (χ2n) is 6.13. The van der Waals surface area contributed by atoms with E-state index in [9.17, 15) is 4.79 Å². The van der Waals surface area contributed by atoms with E-state index in [-0.39, 0.29) is 11.8 Å². The molecular formula is C22H23N3O2. The molecule has 0 aliphatic rings. The molecule has 0 saturated carbocycles. The highest BCUT2D eigenvalue weighted by Crippen LogP contribution is 2.24. The van der Waals surface area contributed by atoms with Crippen molar-refractivity contribution in [3.05, 3.63) is 72.3 Å². The molecule has 138 valence electrons. The van der Waals surface area contributed by atoms with Gasteiger partial charge in [0.2, 0.25) is 11.8 Å². The van der Waals surface area contributed by atoms with Gasteiger partial charge < -0.3 is 10.1 Å². The molecule has 0 unspecified atom stereocenters. The highest BCUT2D eigenvalue weighted by molar-refractivity contribution is 5.96. The number of hydrogen-bond donors (Lipinski definition) is 1. The molecule has 5 nitrogen and oxygen atoms in total. The highest BCUT2D eigenvalue weighted by atomic mass is 16.5. The number of hydrogen-bond acceptors (Lipinski definition) is 4. The summed E-state index contributed by atoms with van der Waals surface area (Å²) < 4.78 is 5.32. The van der Waals surface area contributed by atoms with Gasteiger partial charge in [0.1, 0.15) is 0 Å². The standard InChI is InChI=1S/C22H23N3O2/c1-3-19(16-9-6-5-7-10-16)22(26)23-18-12-8-11-17(15-18)20-13-14-21(25-24-20)27-4-2/h5-15,19H,3-4H2,1-2H3,(H,23,26)/t19-/m1/s1. The summed E-state index contributed by atoms with van der Waals surface area (Å²) in [5.41, 5.74) is 3.37. The predicted octanol–water partition coefficient (Wildman–Crippen LogP) is 4.67. The molecule has 1 amide bonds. The second kappa shape index (κ2) is 8.94. The molecule has 0 saturated heterocycles. The van der Waals surface area contributed by atoms with Gasteiger partial charge in [-0.15, -0.1) is 10.2 Å². The van der Waals surface area contributed by atoms with Crippen LogP contribution < -0.4 is 10.1 Å². The largest absolute Gasteiger partial charge is 0.477 e. The van der Waals surface area contributed by atoms with Gasteiger partial charge in [-0.05, 0) is 37.1 Å². The van der Waals surface area contributed by atoms with Crippen LogP contribution in [0.4, 0.5) is 5.69 Å². The number of nitrogens with zero attached hydrogens (tertiary/aromatic N) is 2. The Morgan fingerprint density at radius 1 is 1.00 bits per heavy atom. The maximum atomic E-state index is 12.8. The number of anilines is 1. The highest BCUT2D eigenvalue weighted by Gasteiger charge is 2.18. The van der Waals surface area contributed by atoms with Crippen molar-refractivity contribution >= 4 is 11.6 Å². The topological polar surface area (TPSA) is 64.1 Å². The summed E-state index contributed by atoms with van der Waals surface area (Å²) >= 11 is 0. The molecule has 5 heteroatoms. The van der Waals surface area contributed by atoms with Crippen molar-refractivity contribution in [2.45, 2.75) is 26.2 Å². The van der Waals surface area contributed by atoms with Crippen molar-refractivity contribution in [1.82, 2.24) is 10.2 Å². The Bertz CT molecular complexity index is 880. The van der Waals surface area contributed by atoms with Crippen molar-refractivity contribution < 1.29 is 9.53 Å². The van der Waals surface area contributed by atoms with E-state index in [2.05, 4.69) is 15.5 Å². The summed E-state index contributed by atoms with van der Waals surface area (Å²) in [4.78, 5) is 12.8. The Hall–Kier alpha value is -3.21. The van der Waals surface area contributed by atoms with Crippen LogP contribution >= 0.6 is 0 Å². The van der Waals surface area contributed by atoms with Gasteiger partial charge >= 0.3 is 0 Å². The van der Waals surface area contributed by atoms with Gasteiger partial charge in [0, 0.05) is 17.3 Å². The van der Waals surface area contributed by atoms with Crippen molar-refractivity contribution in [2.75, 3.05) is 11.9 Å². The number of carbonyl (C=O) groups excluding carboxylic acids is 1. The van der Waals surface area contributed by atoms with E-state index in [1.54, 1.807) is 6.07 Å². The van der Waals surface area contributed by atoms with Crippen LogP contribution in [0.25, 0.3) is 11.3 Å². The smallest absolute Gasteiger partial charge is 0.233 e. The minimum Gasteiger partial charge on any atom is -0.477 e. The van der Waals surface area contributed by atoms with Crippen molar-refractivity contribution in [1.29, 1.82) is 0 Å². The van der Waals surface area contributed by atoms with E-state index in [4.69, 9.17) is 4.74 Å². The number of carbonyl (C=O) groups is 1. The van der Waals surface area contributed by atoms with E-state index in [1.807, 2.05) is 74.5 Å². The van der Waals surface area contributed by atoms with Crippen LogP contribution in [0.2, 0.25) is 0 Å². The number of ether oxygens (including phenoxy) is 1. The lowest BCUT2D eigenvalue weighted by Gasteiger charge is -2.16. The molecule has 2 aromatic carbocycles. The van der Waals surface area contributed by atoms with Crippen LogP contribution in [0.3, 0.4) is 0 Å². The first kappa shape index (κ1) is 18.6. The van der Waals surface area contributed by atoms with E-state index in [0.717, 1.165) is 28.9 Å². The molecule has 1 heterocycles. The van der Waals surface area contributed by atoms with Gasteiger partial charge in [0.05, 0.1) is 18.2 Å². The summed E-state index contributed by atoms with van der Waals surface area (Å²) in [6.07, 6.45) is 0.736. The lowest BCUT2D eigenvalue weighted by Crippen LogP contribution is -2.20. The van der Waals surface area contributed by atoms with Gasteiger partial charge in [0.15, 0.2) is 0 Å². The molecule has 1 aromatic heterocycles. The maximum absolute atomic E-state index is 12.8. The molecule has 0 radical (unpaired) electrons. The Morgan fingerprint density at radius 3 is 2.48 bits per heavy atom. The molecule has 0 fully saturated rings. The normalized spacial score (nSPS) is 11.6. The summed E-state index contributed by atoms with van der Waals surface area (Å²) in [5.74, 6) is 0.304. The third-order valence-electron chi connectivity index (χ3n) is 4.28. The van der Waals surface area contributed by atoms with Crippen molar-refractivity contribution in [2.24, 2.45) is 0 Å². The van der Waals surface area contributed by atoms with Gasteiger partial charge in [-0.1, -0.05) is 49.4 Å². The van der Waals surface area contributed by atoms with Gasteiger partial charge in [-0.25, -0.2) is 0 Å². The van der Waals surface area contributed by atoms with Crippen LogP contribution in [0.5, 0.6) is 5.88 Å². The zero-order valence-electron chi connectivity index (χ0n) is 15.6. The molecular weight excluding hydrogens is 338 g/mol. The molecule has 1 atom stereocenters. The van der Waals surface area contributed by atoms with E-state index in [1.165, 1.54) is 0 Å². The SMILES string of the molecule is CCOc1ccc(-c2cccc(NC(=O)[C@H](CC)c3ccccc3)c2)nn1. The number of benzene rings is 2. The fraction of sp³-hybridized carbons (Fsp3) is 0.227. The summed E-state index contributed by atoms with van der Waals surface area (Å²) in [7, 11) is 0. The monoisotopic (exact) mass is 361 g/mol. The average Bonchev–Trinajstić information content (AvgIpc) is 2.70. The minimum atomic E-state index is -0.180. The van der Waals surface area contributed by atoms with Crippen molar-refractivity contribution in [3.63, 3.8) is 0 Å². The molecule has 0 bridgehead atoms. The zero-order valence-corrected chi connectivity index (χ0v) is 15.6. The Balaban J connectivity index is 1.76. The molecule has 3 aromatic rings. The number of nitrogens with one attached hydrogen (secondary N) is 1. The van der Waals surface area contributed by atoms with E-state index >= 15 is 0 Å². The second-order valence-corrected chi connectivity index (χ2v) is 6.13. The third-order valence-corrected chi connectivity index (χ3v) is 4.28. The summed E-state index contributed by atoms with van der Waals surface area (Å²) in [5, 5.41) is 11.3. The van der Waals surface area contributed by atoms with E-state index in [0.29, 0.717) is 12.5 Å². The number of aromatic nitrogens is 2. The molecule has 27 heavy (non-hydrogen) atoms. The average molecular weight is 361 g/mol. The van der Waals surface area contributed by atoms with Crippen molar-refractivity contribution in [3.8, 4) is 17.1 Å². The molecule has 3 rings (SSSR count). The van der Waals surface area contributed by atoms with Crippen LogP contribution in [-0.2, 0) is 4.79 Å². The maximum Gasteiger partial charge on any atom is 0.233 e. The zero-order chi connectivity index (χ0) is 19.1. The molecule has 0 spiro atoms. The van der Waals surface area contributed by atoms with Gasteiger partial charge in [-0.3, -0.25) is 4.79 Å². The summed E-state index contributed by atoms with van der Waals surface area (Å²) in [6, 6.07) is 21.1. The van der Waals surface area contributed by atoms with Crippen LogP contribution in [-0.4, -0.2) is 22.7 Å². The number of rotatable bonds is 7. The summed E-state index contributed by atoms with van der Waals surface area (Å²) in [6.45, 7) is 4.47. The lowest BCUT2D eigenvalue weighted by molar-refractivity contribution is -0.117. The van der Waals surface area contributed by atoms with Crippen LogP contribution in [0.15, 0.2) is 66.7 Å². The Labute approximate surface area is 159 Å². The lowest BCUT2D eigenvalue weighted by atomic mass is 9.95. The Morgan fingerprint density at radius 2 is 1.81 bits per heavy atom. The molecule has 0 aliphatic heterocycles. The first-order valence-corrected chi connectivity index (χ1v) is 9.14. The van der Waals surface area contributed by atoms with E-state index < -0.39 is 0 Å². The Kier molecular flexibility index (Phi) is 6.15. The molecule has 0 aliphatic carbocycles. The van der Waals surface area contributed by atoms with Crippen LogP contribution in [0.1, 0.15) is 31.7 Å². The van der Waals surface area contributed by atoms with Crippen LogP contribution in [0, 0.1) is 0 Å².